The monoisotopic (exact) mass is 375 g/mol. The molecular weight excluding hydrogens is 350 g/mol. The van der Waals surface area contributed by atoms with Crippen molar-refractivity contribution >= 4 is 39.2 Å². The zero-order chi connectivity index (χ0) is 18.9. The molecule has 0 bridgehead atoms. The number of fused-ring (bicyclic) bond motifs is 1. The maximum atomic E-state index is 12.9. The maximum Gasteiger partial charge on any atom is 0.220 e. The van der Waals surface area contributed by atoms with Gasteiger partial charge in [-0.1, -0.05) is 19.1 Å². The molecule has 0 saturated carbocycles. The summed E-state index contributed by atoms with van der Waals surface area (Å²) in [7, 11) is 1.60. The standard InChI is InChI=1S/C18H25N5O2S/c1-3-7-15(24)22-13(9-6-11-21-18(19)20-2)16(25)17-23-12-8-4-5-10-14(12)26-17/h4-5,8,10,13H,3,6-7,9,11H2,1-2H3,(H,22,24)(H3,19,20,21)/t13-/m0/s1. The highest BCUT2D eigenvalue weighted by atomic mass is 32.1. The molecule has 1 amide bonds. The molecule has 0 aliphatic heterocycles. The first-order chi connectivity index (χ1) is 12.5. The lowest BCUT2D eigenvalue weighted by Gasteiger charge is -2.16. The lowest BCUT2D eigenvalue weighted by atomic mass is 10.1. The summed E-state index contributed by atoms with van der Waals surface area (Å²) in [4.78, 5) is 33.2. The fraction of sp³-hybridized carbons (Fsp3) is 0.444. The number of Topliss-reactive ketones (excluding diaryl/α,β-unsaturated/α-hetero) is 1. The Bertz CT molecular complexity index is 754. The molecule has 2 aromatic rings. The van der Waals surface area contributed by atoms with E-state index in [-0.39, 0.29) is 11.7 Å². The zero-order valence-electron chi connectivity index (χ0n) is 15.1. The van der Waals surface area contributed by atoms with E-state index in [0.29, 0.717) is 36.8 Å². The van der Waals surface area contributed by atoms with Gasteiger partial charge in [-0.05, 0) is 31.4 Å². The first-order valence-electron chi connectivity index (χ1n) is 8.70. The predicted molar refractivity (Wildman–Crippen MR) is 106 cm³/mol. The summed E-state index contributed by atoms with van der Waals surface area (Å²) in [6.45, 7) is 2.51. The van der Waals surface area contributed by atoms with E-state index >= 15 is 0 Å². The van der Waals surface area contributed by atoms with Crippen LogP contribution in [0.1, 0.15) is 42.4 Å². The molecule has 0 radical (unpaired) electrons. The first-order valence-corrected chi connectivity index (χ1v) is 9.52. The quantitative estimate of drug-likeness (QED) is 0.269. The van der Waals surface area contributed by atoms with Crippen LogP contribution in [-0.4, -0.2) is 42.3 Å². The second kappa shape index (κ2) is 9.86. The van der Waals surface area contributed by atoms with Crippen molar-refractivity contribution in [2.45, 2.75) is 38.6 Å². The smallest absolute Gasteiger partial charge is 0.220 e. The van der Waals surface area contributed by atoms with E-state index < -0.39 is 6.04 Å². The molecule has 1 aromatic heterocycles. The van der Waals surface area contributed by atoms with Crippen molar-refractivity contribution in [3.05, 3.63) is 29.3 Å². The number of aliphatic imine (C=N–C) groups is 1. The highest BCUT2D eigenvalue weighted by Crippen LogP contribution is 2.23. The van der Waals surface area contributed by atoms with Crippen LogP contribution < -0.4 is 16.4 Å². The molecule has 8 heteroatoms. The van der Waals surface area contributed by atoms with Gasteiger partial charge in [0.25, 0.3) is 0 Å². The van der Waals surface area contributed by atoms with E-state index in [1.807, 2.05) is 31.2 Å². The molecule has 140 valence electrons. The van der Waals surface area contributed by atoms with Crippen LogP contribution in [0, 0.1) is 0 Å². The van der Waals surface area contributed by atoms with Gasteiger partial charge in [-0.25, -0.2) is 4.98 Å². The molecular formula is C18H25N5O2S. The van der Waals surface area contributed by atoms with Crippen molar-refractivity contribution in [1.29, 1.82) is 0 Å². The molecule has 0 fully saturated rings. The van der Waals surface area contributed by atoms with Crippen molar-refractivity contribution in [1.82, 2.24) is 15.6 Å². The van der Waals surface area contributed by atoms with E-state index in [1.165, 1.54) is 11.3 Å². The van der Waals surface area contributed by atoms with Gasteiger partial charge in [0.15, 0.2) is 11.0 Å². The van der Waals surface area contributed by atoms with Crippen molar-refractivity contribution < 1.29 is 9.59 Å². The number of aromatic nitrogens is 1. The average Bonchev–Trinajstić information content (AvgIpc) is 3.07. The Hall–Kier alpha value is -2.48. The third kappa shape index (κ3) is 5.52. The van der Waals surface area contributed by atoms with Crippen LogP contribution in [0.15, 0.2) is 29.3 Å². The molecule has 0 spiro atoms. The number of ketones is 1. The minimum Gasteiger partial charge on any atom is -0.370 e. The number of thiazole rings is 1. The number of nitrogens with one attached hydrogen (secondary N) is 2. The maximum absolute atomic E-state index is 12.9. The van der Waals surface area contributed by atoms with E-state index in [9.17, 15) is 9.59 Å². The largest absolute Gasteiger partial charge is 0.370 e. The number of nitrogens with two attached hydrogens (primary N) is 1. The third-order valence-corrected chi connectivity index (χ3v) is 4.90. The Labute approximate surface area is 157 Å². The minimum absolute atomic E-state index is 0.116. The second-order valence-electron chi connectivity index (χ2n) is 5.90. The number of guanidine groups is 1. The van der Waals surface area contributed by atoms with Crippen molar-refractivity contribution in [3.63, 3.8) is 0 Å². The average molecular weight is 375 g/mol. The van der Waals surface area contributed by atoms with Crippen molar-refractivity contribution in [2.75, 3.05) is 13.6 Å². The van der Waals surface area contributed by atoms with Gasteiger partial charge in [-0.15, -0.1) is 11.3 Å². The van der Waals surface area contributed by atoms with E-state index in [1.54, 1.807) is 7.05 Å². The number of hydrogen-bond acceptors (Lipinski definition) is 5. The Morgan fingerprint density at radius 3 is 2.81 bits per heavy atom. The zero-order valence-corrected chi connectivity index (χ0v) is 15.9. The fourth-order valence-electron chi connectivity index (χ4n) is 2.49. The number of benzene rings is 1. The Morgan fingerprint density at radius 2 is 2.12 bits per heavy atom. The first kappa shape index (κ1) is 19.8. The number of para-hydroxylation sites is 1. The SMILES string of the molecule is CCCC(=O)N[C@@H](CCCNC(N)=NC)C(=O)c1nc2ccccc2s1. The lowest BCUT2D eigenvalue weighted by molar-refractivity contribution is -0.121. The van der Waals surface area contributed by atoms with Gasteiger partial charge in [0.1, 0.15) is 0 Å². The Kier molecular flexibility index (Phi) is 7.53. The summed E-state index contributed by atoms with van der Waals surface area (Å²) < 4.78 is 0.961. The molecule has 1 heterocycles. The third-order valence-electron chi connectivity index (χ3n) is 3.85. The molecule has 7 nitrogen and oxygen atoms in total. The molecule has 1 atom stereocenters. The van der Waals surface area contributed by atoms with Crippen LogP contribution in [0.2, 0.25) is 0 Å². The Balaban J connectivity index is 2.07. The molecule has 0 aliphatic carbocycles. The van der Waals surface area contributed by atoms with Crippen molar-refractivity contribution in [3.8, 4) is 0 Å². The van der Waals surface area contributed by atoms with Crippen LogP contribution in [0.5, 0.6) is 0 Å². The fourth-order valence-corrected chi connectivity index (χ4v) is 3.45. The van der Waals surface area contributed by atoms with Crippen LogP contribution in [0.4, 0.5) is 0 Å². The molecule has 26 heavy (non-hydrogen) atoms. The number of amides is 1. The normalized spacial score (nSPS) is 12.8. The van der Waals surface area contributed by atoms with E-state index in [4.69, 9.17) is 5.73 Å². The van der Waals surface area contributed by atoms with Crippen LogP contribution in [-0.2, 0) is 4.79 Å². The molecule has 1 aromatic carbocycles. The van der Waals surface area contributed by atoms with Gasteiger partial charge in [-0.3, -0.25) is 14.6 Å². The van der Waals surface area contributed by atoms with E-state index in [0.717, 1.165) is 16.6 Å². The number of rotatable bonds is 9. The van der Waals surface area contributed by atoms with Gasteiger partial charge in [0.05, 0.1) is 16.3 Å². The lowest BCUT2D eigenvalue weighted by Crippen LogP contribution is -2.41. The highest BCUT2D eigenvalue weighted by molar-refractivity contribution is 7.20. The molecule has 0 aliphatic rings. The van der Waals surface area contributed by atoms with E-state index in [2.05, 4.69) is 20.6 Å². The summed E-state index contributed by atoms with van der Waals surface area (Å²) in [5, 5.41) is 6.24. The summed E-state index contributed by atoms with van der Waals surface area (Å²) in [5.74, 6) is 0.0939. The summed E-state index contributed by atoms with van der Waals surface area (Å²) in [5.41, 5.74) is 6.40. The summed E-state index contributed by atoms with van der Waals surface area (Å²) >= 11 is 1.36. The molecule has 4 N–H and O–H groups in total. The second-order valence-corrected chi connectivity index (χ2v) is 6.93. The topological polar surface area (TPSA) is 109 Å². The van der Waals surface area contributed by atoms with Crippen LogP contribution in [0.3, 0.4) is 0 Å². The van der Waals surface area contributed by atoms with Crippen LogP contribution >= 0.6 is 11.3 Å². The van der Waals surface area contributed by atoms with Crippen molar-refractivity contribution in [2.24, 2.45) is 10.7 Å². The Morgan fingerprint density at radius 1 is 1.35 bits per heavy atom. The van der Waals surface area contributed by atoms with Gasteiger partial charge >= 0.3 is 0 Å². The van der Waals surface area contributed by atoms with Gasteiger partial charge < -0.3 is 16.4 Å². The van der Waals surface area contributed by atoms with Gasteiger partial charge in [-0.2, -0.15) is 0 Å². The minimum atomic E-state index is -0.587. The van der Waals surface area contributed by atoms with Crippen LogP contribution in [0.25, 0.3) is 10.2 Å². The number of nitrogens with zero attached hydrogens (tertiary/aromatic N) is 2. The molecule has 0 saturated heterocycles. The summed E-state index contributed by atoms with van der Waals surface area (Å²) in [6, 6.07) is 7.04. The van der Waals surface area contributed by atoms with Gasteiger partial charge in [0.2, 0.25) is 11.7 Å². The number of hydrogen-bond donors (Lipinski definition) is 3. The number of carbonyl (C=O) groups excluding carboxylic acids is 2. The molecule has 0 unspecified atom stereocenters. The summed E-state index contributed by atoms with van der Waals surface area (Å²) in [6.07, 6.45) is 2.31. The van der Waals surface area contributed by atoms with Gasteiger partial charge in [0, 0.05) is 20.0 Å². The predicted octanol–water partition coefficient (Wildman–Crippen LogP) is 2.08. The molecule has 2 rings (SSSR count). The highest BCUT2D eigenvalue weighted by Gasteiger charge is 2.24. The number of carbonyl (C=O) groups is 2.